The number of rotatable bonds is 8. The number of benzene rings is 2. The molecule has 1 unspecified atom stereocenters. The predicted octanol–water partition coefficient (Wildman–Crippen LogP) is 6.67. The first-order valence-corrected chi connectivity index (χ1v) is 13.3. The highest BCUT2D eigenvalue weighted by Crippen LogP contribution is 2.45. The number of halogens is 2. The zero-order valence-electron chi connectivity index (χ0n) is 20.1. The average Bonchev–Trinajstić information content (AvgIpc) is 3.05. The molecule has 0 fully saturated rings. The van der Waals surface area contributed by atoms with E-state index in [2.05, 4.69) is 9.97 Å². The van der Waals surface area contributed by atoms with E-state index >= 15 is 0 Å². The van der Waals surface area contributed by atoms with Gasteiger partial charge in [-0.05, 0) is 55.0 Å². The summed E-state index contributed by atoms with van der Waals surface area (Å²) < 4.78 is 31.0. The number of fused-ring (bicyclic) bond motifs is 3. The van der Waals surface area contributed by atoms with Crippen molar-refractivity contribution in [3.8, 4) is 11.5 Å². The molecule has 0 N–H and O–H groups in total. The molecule has 0 saturated heterocycles. The molecule has 2 aromatic carbocycles. The molecule has 0 bridgehead atoms. The molecule has 0 amide bonds. The Hall–Kier alpha value is -3.36. The van der Waals surface area contributed by atoms with Crippen LogP contribution in [-0.2, 0) is 22.7 Å². The number of nitrogens with zero attached hydrogens (tertiary/aromatic N) is 2. The van der Waals surface area contributed by atoms with Crippen LogP contribution in [0.3, 0.4) is 0 Å². The van der Waals surface area contributed by atoms with Crippen molar-refractivity contribution >= 4 is 40.2 Å². The molecule has 0 aliphatic carbocycles. The number of carbonyl (C=O) groups excluding carboxylic acids is 1. The number of thioether (sulfide) groups is 1. The molecule has 1 aliphatic heterocycles. The molecular formula is C28H24ClFN2O4S. The quantitative estimate of drug-likeness (QED) is 0.232. The Labute approximate surface area is 223 Å². The first-order valence-electron chi connectivity index (χ1n) is 11.9. The maximum absolute atomic E-state index is 13.7. The van der Waals surface area contributed by atoms with Gasteiger partial charge in [0.2, 0.25) is 0 Å². The van der Waals surface area contributed by atoms with Gasteiger partial charge >= 0.3 is 5.97 Å². The van der Waals surface area contributed by atoms with Gasteiger partial charge in [0, 0.05) is 22.9 Å². The fraction of sp³-hybridized carbons (Fsp3) is 0.250. The number of hydrogen-bond donors (Lipinski definition) is 0. The minimum Gasteiger partial charge on any atom is -0.487 e. The van der Waals surface area contributed by atoms with Crippen LogP contribution in [-0.4, -0.2) is 28.3 Å². The predicted molar refractivity (Wildman–Crippen MR) is 142 cm³/mol. The Morgan fingerprint density at radius 3 is 2.95 bits per heavy atom. The van der Waals surface area contributed by atoms with E-state index in [0.717, 1.165) is 22.6 Å². The maximum atomic E-state index is 13.7. The van der Waals surface area contributed by atoms with E-state index in [0.29, 0.717) is 47.7 Å². The van der Waals surface area contributed by atoms with Gasteiger partial charge in [0.25, 0.3) is 0 Å². The van der Waals surface area contributed by atoms with Crippen molar-refractivity contribution in [2.75, 3.05) is 12.4 Å². The third-order valence-electron chi connectivity index (χ3n) is 5.91. The first kappa shape index (κ1) is 25.3. The largest absolute Gasteiger partial charge is 0.487 e. The van der Waals surface area contributed by atoms with Crippen LogP contribution >= 0.6 is 23.4 Å². The molecule has 190 valence electrons. The van der Waals surface area contributed by atoms with Gasteiger partial charge in [-0.15, -0.1) is 11.8 Å². The number of ether oxygens (including phenoxy) is 3. The van der Waals surface area contributed by atoms with Crippen molar-refractivity contribution in [2.45, 2.75) is 31.8 Å². The summed E-state index contributed by atoms with van der Waals surface area (Å²) in [5.41, 5.74) is 4.16. The van der Waals surface area contributed by atoms with E-state index < -0.39 is 5.82 Å². The van der Waals surface area contributed by atoms with Crippen LogP contribution in [0.1, 0.15) is 41.1 Å². The summed E-state index contributed by atoms with van der Waals surface area (Å²) >= 11 is 7.57. The minimum absolute atomic E-state index is 0.0325. The van der Waals surface area contributed by atoms with Crippen molar-refractivity contribution in [3.05, 3.63) is 94.1 Å². The average molecular weight is 539 g/mol. The van der Waals surface area contributed by atoms with E-state index in [1.54, 1.807) is 37.0 Å². The lowest BCUT2D eigenvalue weighted by atomic mass is 10.0. The molecule has 1 aliphatic rings. The third-order valence-corrected chi connectivity index (χ3v) is 7.48. The maximum Gasteiger partial charge on any atom is 0.306 e. The van der Waals surface area contributed by atoms with Crippen LogP contribution in [0, 0.1) is 5.82 Å². The van der Waals surface area contributed by atoms with Crippen molar-refractivity contribution in [3.63, 3.8) is 0 Å². The van der Waals surface area contributed by atoms with E-state index in [4.69, 9.17) is 25.8 Å². The van der Waals surface area contributed by atoms with Crippen LogP contribution < -0.4 is 9.47 Å². The fourth-order valence-corrected chi connectivity index (χ4v) is 5.58. The zero-order chi connectivity index (χ0) is 25.8. The Morgan fingerprint density at radius 1 is 1.19 bits per heavy atom. The zero-order valence-corrected chi connectivity index (χ0v) is 21.7. The number of esters is 1. The summed E-state index contributed by atoms with van der Waals surface area (Å²) in [6.07, 6.45) is 2.07. The van der Waals surface area contributed by atoms with Crippen molar-refractivity contribution in [1.82, 2.24) is 9.97 Å². The van der Waals surface area contributed by atoms with Crippen LogP contribution in [0.5, 0.6) is 11.5 Å². The molecule has 0 saturated carbocycles. The van der Waals surface area contributed by atoms with Gasteiger partial charge in [-0.2, -0.15) is 0 Å². The highest BCUT2D eigenvalue weighted by atomic mass is 35.5. The number of carbonyl (C=O) groups is 1. The summed E-state index contributed by atoms with van der Waals surface area (Å²) in [5.74, 6) is 1.31. The molecule has 0 radical (unpaired) electrons. The topological polar surface area (TPSA) is 70.5 Å². The second-order valence-corrected chi connectivity index (χ2v) is 10.0. The van der Waals surface area contributed by atoms with E-state index in [1.165, 1.54) is 12.1 Å². The number of pyridine rings is 2. The lowest BCUT2D eigenvalue weighted by Gasteiger charge is -2.19. The van der Waals surface area contributed by atoms with Gasteiger partial charge < -0.3 is 14.2 Å². The lowest BCUT2D eigenvalue weighted by molar-refractivity contribution is -0.142. The molecular weight excluding hydrogens is 515 g/mol. The highest BCUT2D eigenvalue weighted by molar-refractivity contribution is 7.99. The van der Waals surface area contributed by atoms with Crippen LogP contribution in [0.25, 0.3) is 10.9 Å². The fourth-order valence-electron chi connectivity index (χ4n) is 4.15. The summed E-state index contributed by atoms with van der Waals surface area (Å²) in [4.78, 5) is 21.0. The van der Waals surface area contributed by atoms with Crippen LogP contribution in [0.4, 0.5) is 4.39 Å². The normalized spacial score (nSPS) is 14.3. The van der Waals surface area contributed by atoms with Crippen molar-refractivity contribution < 1.29 is 23.4 Å². The second-order valence-electron chi connectivity index (χ2n) is 8.38. The second kappa shape index (κ2) is 11.4. The Morgan fingerprint density at radius 2 is 2.08 bits per heavy atom. The molecule has 0 spiro atoms. The Balaban J connectivity index is 1.38. The van der Waals surface area contributed by atoms with Gasteiger partial charge in [0.15, 0.2) is 0 Å². The molecule has 37 heavy (non-hydrogen) atoms. The Kier molecular flexibility index (Phi) is 7.76. The van der Waals surface area contributed by atoms with E-state index in [1.807, 2.05) is 30.3 Å². The monoisotopic (exact) mass is 538 g/mol. The lowest BCUT2D eigenvalue weighted by Crippen LogP contribution is -2.07. The van der Waals surface area contributed by atoms with Gasteiger partial charge in [-0.1, -0.05) is 23.7 Å². The van der Waals surface area contributed by atoms with Gasteiger partial charge in [-0.3, -0.25) is 9.78 Å². The van der Waals surface area contributed by atoms with Crippen LogP contribution in [0.15, 0.2) is 60.8 Å². The molecule has 1 atom stereocenters. The van der Waals surface area contributed by atoms with E-state index in [9.17, 15) is 9.18 Å². The summed E-state index contributed by atoms with van der Waals surface area (Å²) in [6, 6.07) is 16.2. The standard InChI is InChI=1S/C28H24ClFN2O4S/c1-2-34-27(33)9-11-37-28-20-4-3-10-31-25(20)16-36-26-8-7-19(13-21(26)28)35-15-18-6-5-17-12-23(30)22(29)14-24(17)32-18/h3-8,10,12-14,28H,2,9,11,15-16H2,1H3. The highest BCUT2D eigenvalue weighted by Gasteiger charge is 2.26. The van der Waals surface area contributed by atoms with Crippen molar-refractivity contribution in [2.24, 2.45) is 0 Å². The molecule has 6 nitrogen and oxygen atoms in total. The molecule has 3 heterocycles. The molecule has 2 aromatic heterocycles. The Bertz CT molecular complexity index is 1450. The third kappa shape index (κ3) is 5.81. The number of hydrogen-bond acceptors (Lipinski definition) is 7. The molecule has 4 aromatic rings. The summed E-state index contributed by atoms with van der Waals surface area (Å²) in [5, 5.41) is 0.614. The van der Waals surface area contributed by atoms with E-state index in [-0.39, 0.29) is 22.8 Å². The molecule has 9 heteroatoms. The van der Waals surface area contributed by atoms with Gasteiger partial charge in [0.05, 0.1) is 40.2 Å². The summed E-state index contributed by atoms with van der Waals surface area (Å²) in [6.45, 7) is 2.76. The number of aromatic nitrogens is 2. The molecule has 5 rings (SSSR count). The summed E-state index contributed by atoms with van der Waals surface area (Å²) in [7, 11) is 0. The van der Waals surface area contributed by atoms with Gasteiger partial charge in [0.1, 0.15) is 30.5 Å². The van der Waals surface area contributed by atoms with Crippen molar-refractivity contribution in [1.29, 1.82) is 0 Å². The smallest absolute Gasteiger partial charge is 0.306 e. The van der Waals surface area contributed by atoms with Gasteiger partial charge in [-0.25, -0.2) is 9.37 Å². The SMILES string of the molecule is CCOC(=O)CCSC1c2cc(OCc3ccc4cc(F)c(Cl)cc4n3)ccc2OCc2ncccc21. The van der Waals surface area contributed by atoms with Crippen LogP contribution in [0.2, 0.25) is 5.02 Å². The first-order chi connectivity index (χ1) is 18.0. The minimum atomic E-state index is -0.474.